The molecule has 3 aromatic heterocycles. The number of imidazole rings is 2. The fraction of sp³-hybridized carbons (Fsp3) is 0.364. The lowest BCUT2D eigenvalue weighted by Crippen LogP contribution is -2.42. The molecule has 30 heavy (non-hydrogen) atoms. The van der Waals surface area contributed by atoms with Crippen molar-refractivity contribution >= 4 is 22.7 Å². The Labute approximate surface area is 173 Å². The van der Waals surface area contributed by atoms with Crippen molar-refractivity contribution in [3.05, 3.63) is 62.1 Å². The Bertz CT molecular complexity index is 1450. The van der Waals surface area contributed by atoms with Gasteiger partial charge in [-0.1, -0.05) is 25.1 Å². The number of aryl methyl sites for hydroxylation is 3. The highest BCUT2D eigenvalue weighted by molar-refractivity contribution is 5.81. The molecule has 0 unspecified atom stereocenters. The number of para-hydroxylation sites is 1. The number of benzene rings is 1. The largest absolute Gasteiger partial charge is 0.333 e. The molecule has 0 bridgehead atoms. The molecule has 0 aliphatic rings. The molecule has 0 amide bonds. The van der Waals surface area contributed by atoms with Crippen LogP contribution in [0.2, 0.25) is 0 Å². The van der Waals surface area contributed by atoms with Crippen molar-refractivity contribution in [1.82, 2.24) is 23.1 Å². The molecule has 0 aliphatic heterocycles. The van der Waals surface area contributed by atoms with E-state index in [1.807, 2.05) is 36.6 Å². The third-order valence-corrected chi connectivity index (χ3v) is 6.06. The first-order valence-corrected chi connectivity index (χ1v) is 10.0. The molecule has 0 aliphatic carbocycles. The lowest BCUT2D eigenvalue weighted by atomic mass is 10.1. The van der Waals surface area contributed by atoms with Gasteiger partial charge >= 0.3 is 5.69 Å². The molecule has 0 spiro atoms. The average Bonchev–Trinajstić information content (AvgIpc) is 3.22. The van der Waals surface area contributed by atoms with Crippen molar-refractivity contribution in [2.75, 3.05) is 0 Å². The van der Waals surface area contributed by atoms with Gasteiger partial charge in [-0.2, -0.15) is 4.98 Å². The van der Waals surface area contributed by atoms with Gasteiger partial charge in [0, 0.05) is 18.4 Å². The summed E-state index contributed by atoms with van der Waals surface area (Å²) in [6.45, 7) is 8.95. The molecule has 8 nitrogen and oxygen atoms in total. The molecule has 0 saturated carbocycles. The van der Waals surface area contributed by atoms with Crippen LogP contribution in [0.1, 0.15) is 43.8 Å². The first kappa shape index (κ1) is 19.9. The van der Waals surface area contributed by atoms with Crippen molar-refractivity contribution in [2.24, 2.45) is 7.05 Å². The van der Waals surface area contributed by atoms with E-state index in [1.165, 1.54) is 11.5 Å². The predicted octanol–water partition coefficient (Wildman–Crippen LogP) is 2.47. The fourth-order valence-corrected chi connectivity index (χ4v) is 4.06. The molecule has 0 N–H and O–H groups in total. The standard InChI is InChI=1S/C22H25N5O3/c1-7-16-10-8-9-11-17(16)25-12(2)13(3)26-18-19(23-21(25)26)24(6)22(30)27(20(18)29)14(4)15(5)28/h8-11,14H,7H2,1-6H3/t14-/m1/s1. The summed E-state index contributed by atoms with van der Waals surface area (Å²) in [5.41, 5.74) is 3.51. The lowest BCUT2D eigenvalue weighted by Gasteiger charge is -2.13. The number of ketones is 1. The monoisotopic (exact) mass is 407 g/mol. The Morgan fingerprint density at radius 2 is 1.80 bits per heavy atom. The van der Waals surface area contributed by atoms with E-state index in [-0.39, 0.29) is 5.78 Å². The molecule has 156 valence electrons. The fourth-order valence-electron chi connectivity index (χ4n) is 4.06. The SMILES string of the molecule is CCc1ccccc1-n1c(C)c(C)n2c3c(=O)n([C@H](C)C(C)=O)c(=O)n(C)c3nc12. The lowest BCUT2D eigenvalue weighted by molar-refractivity contribution is -0.119. The minimum Gasteiger partial charge on any atom is -0.298 e. The van der Waals surface area contributed by atoms with Crippen LogP contribution in [-0.2, 0) is 18.3 Å². The zero-order valence-corrected chi connectivity index (χ0v) is 18.1. The molecule has 3 heterocycles. The summed E-state index contributed by atoms with van der Waals surface area (Å²) in [6, 6.07) is 7.22. The van der Waals surface area contributed by atoms with E-state index in [9.17, 15) is 14.4 Å². The van der Waals surface area contributed by atoms with Gasteiger partial charge in [0.25, 0.3) is 5.56 Å². The van der Waals surface area contributed by atoms with Gasteiger partial charge in [-0.25, -0.2) is 9.36 Å². The molecule has 1 atom stereocenters. The Hall–Kier alpha value is -3.42. The van der Waals surface area contributed by atoms with Gasteiger partial charge in [0.2, 0.25) is 5.78 Å². The van der Waals surface area contributed by atoms with Crippen molar-refractivity contribution in [1.29, 1.82) is 0 Å². The molecule has 0 fully saturated rings. The van der Waals surface area contributed by atoms with Crippen molar-refractivity contribution < 1.29 is 4.79 Å². The number of fused-ring (bicyclic) bond motifs is 3. The highest BCUT2D eigenvalue weighted by atomic mass is 16.2. The molecular formula is C22H25N5O3. The normalized spacial score (nSPS) is 12.7. The molecule has 4 rings (SSSR count). The van der Waals surface area contributed by atoms with Crippen LogP contribution in [0.5, 0.6) is 0 Å². The second-order valence-corrected chi connectivity index (χ2v) is 7.71. The predicted molar refractivity (Wildman–Crippen MR) is 116 cm³/mol. The van der Waals surface area contributed by atoms with E-state index in [0.29, 0.717) is 16.9 Å². The average molecular weight is 407 g/mol. The van der Waals surface area contributed by atoms with Crippen LogP contribution in [0.25, 0.3) is 22.6 Å². The minimum atomic E-state index is -0.851. The second-order valence-electron chi connectivity index (χ2n) is 7.71. The van der Waals surface area contributed by atoms with Crippen molar-refractivity contribution in [3.63, 3.8) is 0 Å². The van der Waals surface area contributed by atoms with Crippen LogP contribution < -0.4 is 11.2 Å². The smallest absolute Gasteiger partial charge is 0.298 e. The summed E-state index contributed by atoms with van der Waals surface area (Å²) in [7, 11) is 1.58. The summed E-state index contributed by atoms with van der Waals surface area (Å²) in [5, 5.41) is 0. The number of aromatic nitrogens is 5. The Morgan fingerprint density at radius 1 is 1.13 bits per heavy atom. The second kappa shape index (κ2) is 6.83. The number of carbonyl (C=O) groups is 1. The molecule has 0 saturated heterocycles. The van der Waals surface area contributed by atoms with Gasteiger partial charge in [0.05, 0.1) is 11.7 Å². The maximum atomic E-state index is 13.4. The highest BCUT2D eigenvalue weighted by Crippen LogP contribution is 2.26. The van der Waals surface area contributed by atoms with E-state index in [4.69, 9.17) is 4.98 Å². The topological polar surface area (TPSA) is 83.3 Å². The quantitative estimate of drug-likeness (QED) is 0.520. The van der Waals surface area contributed by atoms with Gasteiger partial charge in [0.1, 0.15) is 0 Å². The van der Waals surface area contributed by atoms with Gasteiger partial charge < -0.3 is 0 Å². The highest BCUT2D eigenvalue weighted by Gasteiger charge is 2.26. The number of hydrogen-bond acceptors (Lipinski definition) is 4. The number of rotatable bonds is 4. The minimum absolute atomic E-state index is 0.253. The van der Waals surface area contributed by atoms with E-state index < -0.39 is 17.3 Å². The molecule has 1 aromatic carbocycles. The number of Topliss-reactive ketones (excluding diaryl/α,β-unsaturated/α-hetero) is 1. The van der Waals surface area contributed by atoms with Crippen LogP contribution in [0.4, 0.5) is 0 Å². The summed E-state index contributed by atoms with van der Waals surface area (Å²) < 4.78 is 6.18. The first-order chi connectivity index (χ1) is 14.2. The molecule has 8 heteroatoms. The Balaban J connectivity index is 2.22. The van der Waals surface area contributed by atoms with E-state index in [2.05, 4.69) is 13.0 Å². The van der Waals surface area contributed by atoms with Gasteiger partial charge in [-0.05, 0) is 45.7 Å². The zero-order valence-electron chi connectivity index (χ0n) is 18.1. The van der Waals surface area contributed by atoms with Gasteiger partial charge in [0.15, 0.2) is 16.9 Å². The van der Waals surface area contributed by atoms with E-state index in [1.54, 1.807) is 18.4 Å². The zero-order chi connectivity index (χ0) is 21.9. The molecule has 0 radical (unpaired) electrons. The molecular weight excluding hydrogens is 382 g/mol. The van der Waals surface area contributed by atoms with Crippen LogP contribution in [0.15, 0.2) is 33.9 Å². The van der Waals surface area contributed by atoms with Gasteiger partial charge in [-0.3, -0.25) is 23.1 Å². The summed E-state index contributed by atoms with van der Waals surface area (Å²) in [6.07, 6.45) is 0.848. The van der Waals surface area contributed by atoms with Crippen LogP contribution >= 0.6 is 0 Å². The summed E-state index contributed by atoms with van der Waals surface area (Å²) in [4.78, 5) is 42.9. The third kappa shape index (κ3) is 2.52. The Morgan fingerprint density at radius 3 is 2.43 bits per heavy atom. The van der Waals surface area contributed by atoms with Crippen LogP contribution in [0.3, 0.4) is 0 Å². The maximum absolute atomic E-state index is 13.4. The van der Waals surface area contributed by atoms with E-state index >= 15 is 0 Å². The Kier molecular flexibility index (Phi) is 4.52. The number of nitrogens with zero attached hydrogens (tertiary/aromatic N) is 5. The number of carbonyl (C=O) groups excluding carboxylic acids is 1. The van der Waals surface area contributed by atoms with Crippen molar-refractivity contribution in [3.8, 4) is 5.69 Å². The van der Waals surface area contributed by atoms with E-state index in [0.717, 1.165) is 33.6 Å². The van der Waals surface area contributed by atoms with Crippen LogP contribution in [0, 0.1) is 13.8 Å². The van der Waals surface area contributed by atoms with Gasteiger partial charge in [-0.15, -0.1) is 0 Å². The van der Waals surface area contributed by atoms with Crippen molar-refractivity contribution in [2.45, 2.75) is 47.1 Å². The molecule has 4 aromatic rings. The number of hydrogen-bond donors (Lipinski definition) is 0. The van der Waals surface area contributed by atoms with Crippen LogP contribution in [-0.4, -0.2) is 28.9 Å². The first-order valence-electron chi connectivity index (χ1n) is 10.0. The maximum Gasteiger partial charge on any atom is 0.333 e. The summed E-state index contributed by atoms with van der Waals surface area (Å²) in [5.74, 6) is 0.317. The third-order valence-electron chi connectivity index (χ3n) is 6.06. The summed E-state index contributed by atoms with van der Waals surface area (Å²) >= 11 is 0.